The smallest absolute Gasteiger partial charge is 0.236 e. The van der Waals surface area contributed by atoms with Gasteiger partial charge in [-0.05, 0) is 20.8 Å². The Labute approximate surface area is 122 Å². The maximum Gasteiger partial charge on any atom is 0.236 e. The van der Waals surface area contributed by atoms with Crippen molar-refractivity contribution in [1.82, 2.24) is 15.1 Å². The van der Waals surface area contributed by atoms with Crippen molar-refractivity contribution in [3.63, 3.8) is 0 Å². The Morgan fingerprint density at radius 1 is 1.21 bits per heavy atom. The van der Waals surface area contributed by atoms with Crippen LogP contribution in [0, 0.1) is 0 Å². The van der Waals surface area contributed by atoms with Gasteiger partial charge >= 0.3 is 0 Å². The minimum absolute atomic E-state index is 0. The zero-order valence-corrected chi connectivity index (χ0v) is 12.9. The van der Waals surface area contributed by atoms with E-state index in [9.17, 15) is 4.79 Å². The van der Waals surface area contributed by atoms with Crippen LogP contribution in [0.3, 0.4) is 0 Å². The van der Waals surface area contributed by atoms with Gasteiger partial charge in [0.25, 0.3) is 0 Å². The highest BCUT2D eigenvalue weighted by atomic mass is 35.5. The second-order valence-electron chi connectivity index (χ2n) is 5.65. The number of ether oxygens (including phenoxy) is 1. The standard InChI is InChI=1S/C13H25N3O2.ClH/c1-10-6-15(5-4-14-10)9-13(17)16-7-11(2)18-12(3)8-16;/h10-12,14H,4-9H2,1-3H3;1H. The number of nitrogens with one attached hydrogen (secondary N) is 1. The summed E-state index contributed by atoms with van der Waals surface area (Å²) in [5.74, 6) is 0.242. The molecule has 2 fully saturated rings. The quantitative estimate of drug-likeness (QED) is 0.797. The maximum atomic E-state index is 12.3. The van der Waals surface area contributed by atoms with Gasteiger partial charge in [0.2, 0.25) is 5.91 Å². The van der Waals surface area contributed by atoms with Crippen LogP contribution in [0.15, 0.2) is 0 Å². The molecule has 0 radical (unpaired) electrons. The molecule has 3 unspecified atom stereocenters. The number of amides is 1. The predicted octanol–water partition coefficient (Wildman–Crippen LogP) is 0.338. The summed E-state index contributed by atoms with van der Waals surface area (Å²) in [4.78, 5) is 16.5. The lowest BCUT2D eigenvalue weighted by molar-refractivity contribution is -0.144. The lowest BCUT2D eigenvalue weighted by atomic mass is 10.2. The third-order valence-electron chi connectivity index (χ3n) is 3.58. The van der Waals surface area contributed by atoms with E-state index in [4.69, 9.17) is 4.74 Å². The summed E-state index contributed by atoms with van der Waals surface area (Å²) in [5.41, 5.74) is 0. The van der Waals surface area contributed by atoms with Crippen LogP contribution in [-0.4, -0.2) is 73.2 Å². The highest BCUT2D eigenvalue weighted by Gasteiger charge is 2.27. The van der Waals surface area contributed by atoms with E-state index in [2.05, 4.69) is 17.1 Å². The Hall–Kier alpha value is -0.360. The Morgan fingerprint density at radius 2 is 1.84 bits per heavy atom. The molecule has 0 spiro atoms. The fourth-order valence-electron chi connectivity index (χ4n) is 2.83. The lowest BCUT2D eigenvalue weighted by Crippen LogP contribution is -2.55. The largest absolute Gasteiger partial charge is 0.372 e. The van der Waals surface area contributed by atoms with Crippen molar-refractivity contribution in [2.45, 2.75) is 39.0 Å². The van der Waals surface area contributed by atoms with Crippen LogP contribution in [0.4, 0.5) is 0 Å². The summed E-state index contributed by atoms with van der Waals surface area (Å²) in [6.45, 7) is 11.1. The molecule has 1 amide bonds. The van der Waals surface area contributed by atoms with Crippen molar-refractivity contribution in [3.05, 3.63) is 0 Å². The minimum atomic E-state index is 0. The second kappa shape index (κ2) is 7.43. The molecule has 3 atom stereocenters. The summed E-state index contributed by atoms with van der Waals surface area (Å²) in [5, 5.41) is 3.39. The Bertz CT molecular complexity index is 294. The average molecular weight is 292 g/mol. The molecule has 0 saturated carbocycles. The lowest BCUT2D eigenvalue weighted by Gasteiger charge is -2.37. The van der Waals surface area contributed by atoms with Crippen LogP contribution >= 0.6 is 12.4 Å². The molecule has 0 aliphatic carbocycles. The number of rotatable bonds is 2. The topological polar surface area (TPSA) is 44.8 Å². The number of morpholine rings is 1. The summed E-state index contributed by atoms with van der Waals surface area (Å²) < 4.78 is 5.66. The van der Waals surface area contributed by atoms with Gasteiger partial charge in [-0.1, -0.05) is 0 Å². The molecular formula is C13H26ClN3O2. The molecule has 112 valence electrons. The third-order valence-corrected chi connectivity index (χ3v) is 3.58. The van der Waals surface area contributed by atoms with Crippen molar-refractivity contribution in [2.24, 2.45) is 0 Å². The van der Waals surface area contributed by atoms with Gasteiger partial charge in [0.15, 0.2) is 0 Å². The first kappa shape index (κ1) is 16.7. The summed E-state index contributed by atoms with van der Waals surface area (Å²) in [6, 6.07) is 0.481. The predicted molar refractivity (Wildman–Crippen MR) is 77.7 cm³/mol. The Kier molecular flexibility index (Phi) is 6.53. The molecule has 0 aromatic rings. The zero-order chi connectivity index (χ0) is 13.1. The van der Waals surface area contributed by atoms with E-state index in [-0.39, 0.29) is 30.5 Å². The average Bonchev–Trinajstić information content (AvgIpc) is 2.27. The molecule has 2 aliphatic rings. The van der Waals surface area contributed by atoms with Crippen LogP contribution < -0.4 is 5.32 Å². The highest BCUT2D eigenvalue weighted by molar-refractivity contribution is 5.85. The van der Waals surface area contributed by atoms with E-state index < -0.39 is 0 Å². The van der Waals surface area contributed by atoms with Gasteiger partial charge in [0.1, 0.15) is 0 Å². The van der Waals surface area contributed by atoms with Crippen LogP contribution in [0.2, 0.25) is 0 Å². The summed E-state index contributed by atoms with van der Waals surface area (Å²) in [7, 11) is 0. The van der Waals surface area contributed by atoms with E-state index in [1.807, 2.05) is 18.7 Å². The zero-order valence-electron chi connectivity index (χ0n) is 12.1. The van der Waals surface area contributed by atoms with Crippen molar-refractivity contribution in [1.29, 1.82) is 0 Å². The summed E-state index contributed by atoms with van der Waals surface area (Å²) in [6.07, 6.45) is 0.305. The molecule has 6 heteroatoms. The molecule has 0 bridgehead atoms. The molecule has 2 aliphatic heterocycles. The van der Waals surface area contributed by atoms with Crippen molar-refractivity contribution in [3.8, 4) is 0 Å². The van der Waals surface area contributed by atoms with Crippen molar-refractivity contribution in [2.75, 3.05) is 39.3 Å². The molecule has 2 heterocycles. The van der Waals surface area contributed by atoms with E-state index in [1.165, 1.54) is 0 Å². The normalized spacial score (nSPS) is 32.8. The van der Waals surface area contributed by atoms with E-state index >= 15 is 0 Å². The first-order valence-corrected chi connectivity index (χ1v) is 6.93. The highest BCUT2D eigenvalue weighted by Crippen LogP contribution is 2.11. The molecular weight excluding hydrogens is 266 g/mol. The fourth-order valence-corrected chi connectivity index (χ4v) is 2.83. The Morgan fingerprint density at radius 3 is 2.42 bits per heavy atom. The first-order chi connectivity index (χ1) is 8.54. The number of hydrogen-bond donors (Lipinski definition) is 1. The van der Waals surface area contributed by atoms with E-state index in [0.29, 0.717) is 12.6 Å². The molecule has 0 aromatic carbocycles. The van der Waals surface area contributed by atoms with E-state index in [0.717, 1.165) is 32.7 Å². The molecule has 2 saturated heterocycles. The molecule has 1 N–H and O–H groups in total. The SMILES string of the molecule is CC1CN(CC(=O)N2CC(C)OC(C)C2)CCN1.Cl. The van der Waals surface area contributed by atoms with Gasteiger partial charge in [0, 0.05) is 38.8 Å². The minimum Gasteiger partial charge on any atom is -0.372 e. The fraction of sp³-hybridized carbons (Fsp3) is 0.923. The van der Waals surface area contributed by atoms with E-state index in [1.54, 1.807) is 0 Å². The van der Waals surface area contributed by atoms with Crippen LogP contribution in [0.25, 0.3) is 0 Å². The van der Waals surface area contributed by atoms with Crippen molar-refractivity contribution < 1.29 is 9.53 Å². The van der Waals surface area contributed by atoms with Crippen LogP contribution in [-0.2, 0) is 9.53 Å². The van der Waals surface area contributed by atoms with Gasteiger partial charge in [-0.2, -0.15) is 0 Å². The molecule has 5 nitrogen and oxygen atoms in total. The van der Waals surface area contributed by atoms with Gasteiger partial charge in [-0.3, -0.25) is 9.69 Å². The molecule has 0 aromatic heterocycles. The number of piperazine rings is 1. The van der Waals surface area contributed by atoms with Gasteiger partial charge in [-0.25, -0.2) is 0 Å². The monoisotopic (exact) mass is 291 g/mol. The number of carbonyl (C=O) groups excluding carboxylic acids is 1. The van der Waals surface area contributed by atoms with Crippen LogP contribution in [0.5, 0.6) is 0 Å². The summed E-state index contributed by atoms with van der Waals surface area (Å²) >= 11 is 0. The molecule has 2 rings (SSSR count). The van der Waals surface area contributed by atoms with Crippen molar-refractivity contribution >= 4 is 18.3 Å². The van der Waals surface area contributed by atoms with Crippen LogP contribution in [0.1, 0.15) is 20.8 Å². The van der Waals surface area contributed by atoms with Gasteiger partial charge < -0.3 is 15.0 Å². The number of nitrogens with zero attached hydrogens (tertiary/aromatic N) is 2. The Balaban J connectivity index is 0.00000180. The first-order valence-electron chi connectivity index (χ1n) is 6.93. The maximum absolute atomic E-state index is 12.3. The number of halogens is 1. The van der Waals surface area contributed by atoms with Gasteiger partial charge in [0.05, 0.1) is 18.8 Å². The molecule has 19 heavy (non-hydrogen) atoms. The second-order valence-corrected chi connectivity index (χ2v) is 5.65. The number of carbonyl (C=O) groups is 1. The van der Waals surface area contributed by atoms with Gasteiger partial charge in [-0.15, -0.1) is 12.4 Å². The third kappa shape index (κ3) is 4.91. The number of hydrogen-bond acceptors (Lipinski definition) is 4.